The van der Waals surface area contributed by atoms with E-state index in [0.717, 1.165) is 10.9 Å². The van der Waals surface area contributed by atoms with Gasteiger partial charge >= 0.3 is 5.97 Å². The van der Waals surface area contributed by atoms with Crippen LogP contribution < -0.4 is 33.2 Å². The van der Waals surface area contributed by atoms with E-state index in [0.29, 0.717) is 5.56 Å². The Morgan fingerprint density at radius 3 is 2.19 bits per heavy atom. The number of carboxylic acids is 1. The molecule has 0 saturated carbocycles. The molecule has 0 bridgehead atoms. The minimum absolute atomic E-state index is 0.0498. The molecule has 0 fully saturated rings. The average molecular weight is 518 g/mol. The van der Waals surface area contributed by atoms with Gasteiger partial charge in [0.05, 0.1) is 12.5 Å². The van der Waals surface area contributed by atoms with Gasteiger partial charge in [-0.15, -0.1) is 0 Å². The second-order valence-electron chi connectivity index (χ2n) is 8.54. The summed E-state index contributed by atoms with van der Waals surface area (Å²) in [7, 11) is 0. The summed E-state index contributed by atoms with van der Waals surface area (Å²) in [5.41, 5.74) is 17.2. The number of carbonyl (C=O) groups is 6. The van der Waals surface area contributed by atoms with Crippen LogP contribution >= 0.6 is 0 Å². The van der Waals surface area contributed by atoms with Crippen molar-refractivity contribution in [2.24, 2.45) is 17.2 Å². The maximum Gasteiger partial charge on any atom is 0.326 e. The number of amides is 5. The van der Waals surface area contributed by atoms with Crippen molar-refractivity contribution in [2.45, 2.75) is 56.8 Å². The smallest absolute Gasteiger partial charge is 0.326 e. The van der Waals surface area contributed by atoms with E-state index in [-0.39, 0.29) is 19.3 Å². The summed E-state index contributed by atoms with van der Waals surface area (Å²) < 4.78 is 0. The highest BCUT2D eigenvalue weighted by Crippen LogP contribution is 2.19. The molecule has 1 aromatic carbocycles. The van der Waals surface area contributed by atoms with E-state index in [1.807, 2.05) is 18.2 Å². The Kier molecular flexibility index (Phi) is 10.1. The molecule has 0 aliphatic carbocycles. The van der Waals surface area contributed by atoms with Crippen LogP contribution in [0.4, 0.5) is 0 Å². The van der Waals surface area contributed by atoms with Crippen LogP contribution in [0.5, 0.6) is 0 Å². The fourth-order valence-electron chi connectivity index (χ4n) is 3.54. The lowest BCUT2D eigenvalue weighted by Crippen LogP contribution is -2.56. The quantitative estimate of drug-likeness (QED) is 0.135. The molecule has 1 heterocycles. The molecule has 4 unspecified atom stereocenters. The standard InChI is InChI=1S/C23H31N7O7/c1-11(28-21(34)14(24)9-19(26)32)20(33)29-16(6-7-18(25)31)22(35)30-17(23(36)37)8-12-10-27-15-5-3-2-4-13(12)15/h2-5,10-11,14,16-17,27H,6-9,24H2,1H3,(H2,25,31)(H2,26,32)(H,28,34)(H,29,33)(H,30,35)(H,36,37). The highest BCUT2D eigenvalue weighted by molar-refractivity contribution is 5.95. The van der Waals surface area contributed by atoms with Crippen molar-refractivity contribution in [1.29, 1.82) is 0 Å². The summed E-state index contributed by atoms with van der Waals surface area (Å²) in [5, 5.41) is 17.6. The van der Waals surface area contributed by atoms with Crippen LogP contribution in [0.1, 0.15) is 31.7 Å². The Labute approximate surface area is 211 Å². The number of para-hydroxylation sites is 1. The monoisotopic (exact) mass is 517 g/mol. The van der Waals surface area contributed by atoms with E-state index < -0.39 is 66.1 Å². The number of H-pyrrole nitrogens is 1. The summed E-state index contributed by atoms with van der Waals surface area (Å²) in [6.45, 7) is 1.31. The first-order chi connectivity index (χ1) is 17.4. The predicted octanol–water partition coefficient (Wildman–Crippen LogP) is -2.26. The Bertz CT molecular complexity index is 1180. The Balaban J connectivity index is 2.10. The molecule has 14 nitrogen and oxygen atoms in total. The molecule has 5 amide bonds. The number of aliphatic carboxylic acids is 1. The SMILES string of the molecule is CC(NC(=O)C(N)CC(N)=O)C(=O)NC(CCC(N)=O)C(=O)NC(Cc1c[nH]c2ccccc12)C(=O)O. The van der Waals surface area contributed by atoms with E-state index in [1.54, 1.807) is 12.3 Å². The molecular formula is C23H31N7O7. The van der Waals surface area contributed by atoms with Gasteiger partial charge in [0.1, 0.15) is 18.1 Å². The van der Waals surface area contributed by atoms with Crippen molar-refractivity contribution >= 4 is 46.4 Å². The fraction of sp³-hybridized carbons (Fsp3) is 0.391. The molecular weight excluding hydrogens is 486 g/mol. The molecule has 0 spiro atoms. The summed E-state index contributed by atoms with van der Waals surface area (Å²) in [5.74, 6) is -5.33. The number of aromatic nitrogens is 1. The van der Waals surface area contributed by atoms with Crippen molar-refractivity contribution in [1.82, 2.24) is 20.9 Å². The van der Waals surface area contributed by atoms with Crippen LogP contribution in [-0.2, 0) is 35.2 Å². The van der Waals surface area contributed by atoms with E-state index >= 15 is 0 Å². The molecule has 11 N–H and O–H groups in total. The third-order valence-corrected chi connectivity index (χ3v) is 5.54. The van der Waals surface area contributed by atoms with Crippen LogP contribution in [0.3, 0.4) is 0 Å². The average Bonchev–Trinajstić information content (AvgIpc) is 3.23. The molecule has 14 heteroatoms. The maximum atomic E-state index is 13.0. The van der Waals surface area contributed by atoms with Crippen molar-refractivity contribution in [3.05, 3.63) is 36.0 Å². The summed E-state index contributed by atoms with van der Waals surface area (Å²) in [6, 6.07) is 2.11. The number of hydrogen-bond donors (Lipinski definition) is 8. The number of primary amides is 2. The molecule has 1 aromatic heterocycles. The first kappa shape index (κ1) is 28.8. The first-order valence-electron chi connectivity index (χ1n) is 11.4. The number of nitrogens with one attached hydrogen (secondary N) is 4. The van der Waals surface area contributed by atoms with Crippen molar-refractivity contribution in [3.8, 4) is 0 Å². The van der Waals surface area contributed by atoms with E-state index in [1.165, 1.54) is 6.92 Å². The summed E-state index contributed by atoms with van der Waals surface area (Å²) >= 11 is 0. The minimum atomic E-state index is -1.34. The van der Waals surface area contributed by atoms with E-state index in [2.05, 4.69) is 20.9 Å². The Morgan fingerprint density at radius 2 is 1.57 bits per heavy atom. The summed E-state index contributed by atoms with van der Waals surface area (Å²) in [6.07, 6.45) is 0.673. The molecule has 0 aliphatic heterocycles. The van der Waals surface area contributed by atoms with E-state index in [9.17, 15) is 33.9 Å². The van der Waals surface area contributed by atoms with Gasteiger partial charge in [-0.05, 0) is 25.0 Å². The lowest BCUT2D eigenvalue weighted by Gasteiger charge is -2.23. The number of aromatic amines is 1. The second-order valence-corrected chi connectivity index (χ2v) is 8.54. The van der Waals surface area contributed by atoms with Gasteiger partial charge in [0.15, 0.2) is 0 Å². The minimum Gasteiger partial charge on any atom is -0.480 e. The highest BCUT2D eigenvalue weighted by atomic mass is 16.4. The zero-order valence-electron chi connectivity index (χ0n) is 20.2. The number of benzene rings is 1. The zero-order chi connectivity index (χ0) is 27.7. The zero-order valence-corrected chi connectivity index (χ0v) is 20.2. The molecule has 37 heavy (non-hydrogen) atoms. The lowest BCUT2D eigenvalue weighted by molar-refractivity contribution is -0.142. The predicted molar refractivity (Wildman–Crippen MR) is 131 cm³/mol. The first-order valence-corrected chi connectivity index (χ1v) is 11.4. The number of rotatable bonds is 14. The second kappa shape index (κ2) is 13.0. The number of carbonyl (C=O) groups excluding carboxylic acids is 5. The van der Waals surface area contributed by atoms with Crippen LogP contribution in [0.2, 0.25) is 0 Å². The number of carboxylic acid groups (broad SMARTS) is 1. The Morgan fingerprint density at radius 1 is 0.919 bits per heavy atom. The number of hydrogen-bond acceptors (Lipinski definition) is 7. The fourth-order valence-corrected chi connectivity index (χ4v) is 3.54. The van der Waals surface area contributed by atoms with Crippen LogP contribution in [0.25, 0.3) is 10.9 Å². The third kappa shape index (κ3) is 8.61. The van der Waals surface area contributed by atoms with Crippen LogP contribution in [-0.4, -0.2) is 69.8 Å². The lowest BCUT2D eigenvalue weighted by atomic mass is 10.0. The topological polar surface area (TPSA) is 253 Å². The van der Waals surface area contributed by atoms with Gasteiger partial charge in [0, 0.05) is 29.9 Å². The number of fused-ring (bicyclic) bond motifs is 1. The Hall–Kier alpha value is -4.46. The van der Waals surface area contributed by atoms with Gasteiger partial charge in [-0.25, -0.2) is 4.79 Å². The van der Waals surface area contributed by atoms with Gasteiger partial charge in [0.2, 0.25) is 29.5 Å². The molecule has 0 radical (unpaired) electrons. The van der Waals surface area contributed by atoms with Crippen LogP contribution in [0, 0.1) is 0 Å². The van der Waals surface area contributed by atoms with Gasteiger partial charge in [-0.3, -0.25) is 24.0 Å². The van der Waals surface area contributed by atoms with Gasteiger partial charge in [-0.2, -0.15) is 0 Å². The third-order valence-electron chi connectivity index (χ3n) is 5.54. The molecule has 0 saturated heterocycles. The molecule has 200 valence electrons. The maximum absolute atomic E-state index is 13.0. The van der Waals surface area contributed by atoms with Crippen LogP contribution in [0.15, 0.2) is 30.5 Å². The molecule has 2 aromatic rings. The highest BCUT2D eigenvalue weighted by Gasteiger charge is 2.29. The van der Waals surface area contributed by atoms with Gasteiger partial charge < -0.3 is 43.2 Å². The molecule has 4 atom stereocenters. The van der Waals surface area contributed by atoms with Crippen molar-refractivity contribution < 1.29 is 33.9 Å². The molecule has 2 rings (SSSR count). The van der Waals surface area contributed by atoms with Gasteiger partial charge in [-0.1, -0.05) is 18.2 Å². The largest absolute Gasteiger partial charge is 0.480 e. The van der Waals surface area contributed by atoms with Crippen molar-refractivity contribution in [3.63, 3.8) is 0 Å². The number of nitrogens with two attached hydrogens (primary N) is 3. The van der Waals surface area contributed by atoms with E-state index in [4.69, 9.17) is 17.2 Å². The normalized spacial score (nSPS) is 14.1. The molecule has 0 aliphatic rings. The van der Waals surface area contributed by atoms with Crippen molar-refractivity contribution in [2.75, 3.05) is 0 Å². The summed E-state index contributed by atoms with van der Waals surface area (Å²) in [4.78, 5) is 74.8. The van der Waals surface area contributed by atoms with Gasteiger partial charge in [0.25, 0.3) is 0 Å².